The highest BCUT2D eigenvalue weighted by Crippen LogP contribution is 2.35. The zero-order valence-corrected chi connectivity index (χ0v) is 7.64. The maximum absolute atomic E-state index is 6.30. The van der Waals surface area contributed by atoms with Gasteiger partial charge in [-0.3, -0.25) is 4.90 Å². The van der Waals surface area contributed by atoms with E-state index in [1.807, 2.05) is 0 Å². The van der Waals surface area contributed by atoms with E-state index in [1.54, 1.807) is 0 Å². The lowest BCUT2D eigenvalue weighted by Crippen LogP contribution is -2.74. The van der Waals surface area contributed by atoms with E-state index >= 15 is 0 Å². The van der Waals surface area contributed by atoms with Crippen molar-refractivity contribution in [2.75, 3.05) is 26.7 Å². The van der Waals surface area contributed by atoms with Crippen LogP contribution in [0, 0.1) is 0 Å². The first-order valence-corrected chi connectivity index (χ1v) is 4.58. The molecule has 2 rings (SSSR count). The normalized spacial score (nSPS) is 49.2. The Kier molecular flexibility index (Phi) is 1.70. The van der Waals surface area contributed by atoms with E-state index in [0.717, 1.165) is 32.5 Å². The van der Waals surface area contributed by atoms with Crippen molar-refractivity contribution < 1.29 is 0 Å². The van der Waals surface area contributed by atoms with Crippen LogP contribution in [0.2, 0.25) is 0 Å². The summed E-state index contributed by atoms with van der Waals surface area (Å²) >= 11 is 0. The van der Waals surface area contributed by atoms with Crippen molar-refractivity contribution in [3.8, 4) is 0 Å². The zero-order valence-electron chi connectivity index (χ0n) is 7.64. The van der Waals surface area contributed by atoms with Crippen LogP contribution >= 0.6 is 0 Å². The van der Waals surface area contributed by atoms with Gasteiger partial charge in [0, 0.05) is 13.1 Å². The summed E-state index contributed by atoms with van der Waals surface area (Å²) in [5.41, 5.74) is 12.1. The highest BCUT2D eigenvalue weighted by Gasteiger charge is 2.54. The Hall–Kier alpha value is -0.160. The third-order valence-corrected chi connectivity index (χ3v) is 3.56. The molecular formula is C8H18N4. The van der Waals surface area contributed by atoms with Crippen molar-refractivity contribution in [1.29, 1.82) is 0 Å². The van der Waals surface area contributed by atoms with Crippen LogP contribution in [0.15, 0.2) is 0 Å². The second-order valence-electron chi connectivity index (χ2n) is 4.18. The molecule has 0 aromatic rings. The fourth-order valence-corrected chi connectivity index (χ4v) is 2.43. The number of hydrogen-bond donors (Lipinski definition) is 3. The smallest absolute Gasteiger partial charge is 0.0895 e. The van der Waals surface area contributed by atoms with Crippen LogP contribution in [-0.2, 0) is 0 Å². The quantitative estimate of drug-likeness (QED) is 0.421. The minimum Gasteiger partial charge on any atom is -0.321 e. The highest BCUT2D eigenvalue weighted by atomic mass is 15.3. The van der Waals surface area contributed by atoms with E-state index in [9.17, 15) is 0 Å². The Morgan fingerprint density at radius 1 is 1.33 bits per heavy atom. The Balaban J connectivity index is 2.29. The van der Waals surface area contributed by atoms with Gasteiger partial charge in [0.15, 0.2) is 0 Å². The summed E-state index contributed by atoms with van der Waals surface area (Å²) in [4.78, 5) is 2.20. The van der Waals surface area contributed by atoms with E-state index in [0.29, 0.717) is 0 Å². The lowest BCUT2D eigenvalue weighted by atomic mass is 9.81. The topological polar surface area (TPSA) is 67.3 Å². The fraction of sp³-hybridized carbons (Fsp3) is 1.00. The standard InChI is InChI=1S/C8H18N4/c1-12-5-3-7(9)6-11-4-2-8(7,12)10/h11H,2-6,9-10H2,1H3. The van der Waals surface area contributed by atoms with Crippen LogP contribution in [0.25, 0.3) is 0 Å². The first-order chi connectivity index (χ1) is 5.58. The number of likely N-dealkylation sites (tertiary alicyclic amines) is 1. The van der Waals surface area contributed by atoms with Crippen molar-refractivity contribution in [3.63, 3.8) is 0 Å². The number of hydrogen-bond acceptors (Lipinski definition) is 4. The minimum absolute atomic E-state index is 0.208. The number of rotatable bonds is 0. The average molecular weight is 170 g/mol. The molecular weight excluding hydrogens is 152 g/mol. The molecule has 0 aliphatic carbocycles. The van der Waals surface area contributed by atoms with Crippen molar-refractivity contribution in [2.24, 2.45) is 11.5 Å². The van der Waals surface area contributed by atoms with Crippen LogP contribution in [0.4, 0.5) is 0 Å². The summed E-state index contributed by atoms with van der Waals surface area (Å²) < 4.78 is 0. The molecule has 5 N–H and O–H groups in total. The van der Waals surface area contributed by atoms with Crippen LogP contribution in [0.3, 0.4) is 0 Å². The lowest BCUT2D eigenvalue weighted by molar-refractivity contribution is 0.0797. The number of nitrogens with zero attached hydrogens (tertiary/aromatic N) is 1. The molecule has 4 nitrogen and oxygen atoms in total. The van der Waals surface area contributed by atoms with Crippen molar-refractivity contribution in [2.45, 2.75) is 24.0 Å². The van der Waals surface area contributed by atoms with Crippen LogP contribution in [0.5, 0.6) is 0 Å². The summed E-state index contributed by atoms with van der Waals surface area (Å²) in [7, 11) is 2.07. The molecule has 2 aliphatic rings. The average Bonchev–Trinajstić information content (AvgIpc) is 2.28. The molecule has 2 saturated heterocycles. The number of nitrogens with two attached hydrogens (primary N) is 2. The highest BCUT2D eigenvalue weighted by molar-refractivity contribution is 5.14. The molecule has 2 atom stereocenters. The number of nitrogens with one attached hydrogen (secondary N) is 1. The first-order valence-electron chi connectivity index (χ1n) is 4.58. The summed E-state index contributed by atoms with van der Waals surface area (Å²) in [5, 5.41) is 3.31. The monoisotopic (exact) mass is 170 g/mol. The maximum atomic E-state index is 6.30. The molecule has 0 amide bonds. The van der Waals surface area contributed by atoms with E-state index in [1.165, 1.54) is 0 Å². The molecule has 0 bridgehead atoms. The Morgan fingerprint density at radius 3 is 2.75 bits per heavy atom. The molecule has 0 spiro atoms. The van der Waals surface area contributed by atoms with Gasteiger partial charge in [0.25, 0.3) is 0 Å². The molecule has 2 fully saturated rings. The predicted molar refractivity (Wildman–Crippen MR) is 48.6 cm³/mol. The Bertz CT molecular complexity index is 191. The van der Waals surface area contributed by atoms with Gasteiger partial charge >= 0.3 is 0 Å². The summed E-state index contributed by atoms with van der Waals surface area (Å²) in [6, 6.07) is 0. The van der Waals surface area contributed by atoms with E-state index in [-0.39, 0.29) is 11.2 Å². The molecule has 0 aromatic carbocycles. The lowest BCUT2D eigenvalue weighted by Gasteiger charge is -2.47. The molecule has 2 heterocycles. The van der Waals surface area contributed by atoms with Gasteiger partial charge in [0.1, 0.15) is 0 Å². The Labute approximate surface area is 73.3 Å². The van der Waals surface area contributed by atoms with Gasteiger partial charge in [0.2, 0.25) is 0 Å². The van der Waals surface area contributed by atoms with Crippen LogP contribution < -0.4 is 16.8 Å². The van der Waals surface area contributed by atoms with Gasteiger partial charge in [-0.1, -0.05) is 0 Å². The number of piperidine rings is 1. The molecule has 12 heavy (non-hydrogen) atoms. The zero-order chi connectivity index (χ0) is 8.82. The van der Waals surface area contributed by atoms with Crippen molar-refractivity contribution >= 4 is 0 Å². The van der Waals surface area contributed by atoms with E-state index < -0.39 is 0 Å². The number of likely N-dealkylation sites (N-methyl/N-ethyl adjacent to an activating group) is 1. The van der Waals surface area contributed by atoms with Gasteiger partial charge in [-0.05, 0) is 26.4 Å². The van der Waals surface area contributed by atoms with Crippen molar-refractivity contribution in [1.82, 2.24) is 10.2 Å². The van der Waals surface area contributed by atoms with E-state index in [2.05, 4.69) is 17.3 Å². The minimum atomic E-state index is -0.266. The summed E-state index contributed by atoms with van der Waals surface area (Å²) in [6.45, 7) is 2.86. The van der Waals surface area contributed by atoms with Gasteiger partial charge in [0.05, 0.1) is 11.2 Å². The summed E-state index contributed by atoms with van der Waals surface area (Å²) in [6.07, 6.45) is 1.97. The molecule has 2 unspecified atom stereocenters. The molecule has 2 aliphatic heterocycles. The molecule has 4 heteroatoms. The third kappa shape index (κ3) is 0.864. The van der Waals surface area contributed by atoms with Gasteiger partial charge in [-0.15, -0.1) is 0 Å². The van der Waals surface area contributed by atoms with Gasteiger partial charge < -0.3 is 16.8 Å². The molecule has 70 valence electrons. The third-order valence-electron chi connectivity index (χ3n) is 3.56. The van der Waals surface area contributed by atoms with Gasteiger partial charge in [-0.2, -0.15) is 0 Å². The largest absolute Gasteiger partial charge is 0.321 e. The second kappa shape index (κ2) is 2.42. The van der Waals surface area contributed by atoms with E-state index in [4.69, 9.17) is 11.5 Å². The molecule has 0 aromatic heterocycles. The van der Waals surface area contributed by atoms with Crippen molar-refractivity contribution in [3.05, 3.63) is 0 Å². The second-order valence-corrected chi connectivity index (χ2v) is 4.18. The predicted octanol–water partition coefficient (Wildman–Crippen LogP) is -1.33. The van der Waals surface area contributed by atoms with Crippen LogP contribution in [0.1, 0.15) is 12.8 Å². The molecule has 0 saturated carbocycles. The first kappa shape index (κ1) is 8.44. The number of fused-ring (bicyclic) bond motifs is 1. The SMILES string of the molecule is CN1CCC2(N)CNCCC12N. The Morgan fingerprint density at radius 2 is 2.08 bits per heavy atom. The van der Waals surface area contributed by atoms with Gasteiger partial charge in [-0.25, -0.2) is 0 Å². The fourth-order valence-electron chi connectivity index (χ4n) is 2.43. The van der Waals surface area contributed by atoms with Crippen LogP contribution in [-0.4, -0.2) is 42.8 Å². The molecule has 0 radical (unpaired) electrons. The summed E-state index contributed by atoms with van der Waals surface area (Å²) in [5.74, 6) is 0. The maximum Gasteiger partial charge on any atom is 0.0895 e.